The quantitative estimate of drug-likeness (QED) is 0.836. The van der Waals surface area contributed by atoms with Crippen LogP contribution < -0.4 is 5.32 Å². The molecule has 0 spiro atoms. The van der Waals surface area contributed by atoms with Crippen LogP contribution in [0.1, 0.15) is 37.7 Å². The monoisotopic (exact) mass is 315 g/mol. The molecule has 1 fully saturated rings. The van der Waals surface area contributed by atoms with Crippen molar-refractivity contribution < 1.29 is 4.74 Å². The van der Waals surface area contributed by atoms with Crippen molar-refractivity contribution in [2.24, 2.45) is 0 Å². The van der Waals surface area contributed by atoms with Gasteiger partial charge in [0.25, 0.3) is 0 Å². The van der Waals surface area contributed by atoms with Gasteiger partial charge in [-0.05, 0) is 63.3 Å². The molecule has 1 saturated heterocycles. The molecule has 0 amide bonds. The molecule has 1 N–H and O–H groups in total. The van der Waals surface area contributed by atoms with Crippen LogP contribution in [-0.2, 0) is 11.2 Å². The molecule has 2 atom stereocenters. The minimum Gasteiger partial charge on any atom is -0.378 e. The number of benzene rings is 1. The van der Waals surface area contributed by atoms with Crippen molar-refractivity contribution >= 4 is 23.2 Å². The molecular weight excluding hydrogens is 293 g/mol. The molecule has 1 heterocycles. The van der Waals surface area contributed by atoms with E-state index in [0.29, 0.717) is 12.1 Å². The Hall–Kier alpha value is -0.280. The maximum Gasteiger partial charge on any atom is 0.0575 e. The number of ether oxygens (including phenoxy) is 1. The maximum atomic E-state index is 6.24. The third-order valence-electron chi connectivity index (χ3n) is 4.03. The van der Waals surface area contributed by atoms with Gasteiger partial charge in [-0.3, -0.25) is 0 Å². The Morgan fingerprint density at radius 3 is 2.65 bits per heavy atom. The van der Waals surface area contributed by atoms with E-state index in [-0.39, 0.29) is 0 Å². The Morgan fingerprint density at radius 2 is 2.05 bits per heavy atom. The van der Waals surface area contributed by atoms with E-state index in [1.165, 1.54) is 19.3 Å². The second-order valence-electron chi connectivity index (χ2n) is 5.46. The fraction of sp³-hybridized carbons (Fsp3) is 0.625. The summed E-state index contributed by atoms with van der Waals surface area (Å²) in [6.07, 6.45) is 7.19. The van der Waals surface area contributed by atoms with Gasteiger partial charge in [0.05, 0.1) is 6.10 Å². The molecule has 1 aromatic carbocycles. The van der Waals surface area contributed by atoms with Crippen LogP contribution in [0.2, 0.25) is 10.0 Å². The highest BCUT2D eigenvalue weighted by Crippen LogP contribution is 2.27. The third-order valence-corrected chi connectivity index (χ3v) is 4.74. The largest absolute Gasteiger partial charge is 0.378 e. The molecule has 0 bridgehead atoms. The molecule has 112 valence electrons. The molecule has 1 aliphatic rings. The van der Waals surface area contributed by atoms with Gasteiger partial charge in [-0.25, -0.2) is 0 Å². The number of hydrogen-bond acceptors (Lipinski definition) is 2. The first-order valence-corrected chi connectivity index (χ1v) is 8.18. The topological polar surface area (TPSA) is 21.3 Å². The van der Waals surface area contributed by atoms with E-state index in [0.717, 1.165) is 41.5 Å². The Balaban J connectivity index is 1.88. The summed E-state index contributed by atoms with van der Waals surface area (Å²) >= 11 is 12.5. The maximum absolute atomic E-state index is 6.24. The summed E-state index contributed by atoms with van der Waals surface area (Å²) < 4.78 is 5.79. The first-order chi connectivity index (χ1) is 9.70. The van der Waals surface area contributed by atoms with E-state index in [1.807, 2.05) is 25.2 Å². The molecule has 0 aromatic heterocycles. The van der Waals surface area contributed by atoms with E-state index in [2.05, 4.69) is 5.32 Å². The van der Waals surface area contributed by atoms with Gasteiger partial charge < -0.3 is 10.1 Å². The fourth-order valence-corrected chi connectivity index (χ4v) is 3.30. The van der Waals surface area contributed by atoms with E-state index < -0.39 is 0 Å². The molecule has 1 aromatic rings. The van der Waals surface area contributed by atoms with Crippen LogP contribution >= 0.6 is 23.2 Å². The lowest BCUT2D eigenvalue weighted by Gasteiger charge is -2.25. The molecule has 2 nitrogen and oxygen atoms in total. The van der Waals surface area contributed by atoms with E-state index in [9.17, 15) is 0 Å². The van der Waals surface area contributed by atoms with E-state index in [1.54, 1.807) is 0 Å². The Kier molecular flexibility index (Phi) is 6.63. The van der Waals surface area contributed by atoms with Gasteiger partial charge in [0.15, 0.2) is 0 Å². The summed E-state index contributed by atoms with van der Waals surface area (Å²) in [7, 11) is 2.00. The first-order valence-electron chi connectivity index (χ1n) is 7.42. The number of likely N-dealkylation sites (N-methyl/N-ethyl adjacent to an activating group) is 1. The average molecular weight is 316 g/mol. The standard InChI is InChI=1S/C16H23Cl2NO/c1-19-12(8-9-13-5-2-3-10-20-13)11-14-15(17)6-4-7-16(14)18/h4,6-7,12-13,19H,2-3,5,8-11H2,1H3. The molecule has 20 heavy (non-hydrogen) atoms. The number of nitrogens with one attached hydrogen (secondary N) is 1. The molecule has 0 saturated carbocycles. The SMILES string of the molecule is CNC(CCC1CCCCO1)Cc1c(Cl)cccc1Cl. The molecule has 2 rings (SSSR count). The Morgan fingerprint density at radius 1 is 1.30 bits per heavy atom. The zero-order valence-electron chi connectivity index (χ0n) is 12.0. The molecule has 0 aliphatic carbocycles. The van der Waals surface area contributed by atoms with Crippen molar-refractivity contribution in [1.29, 1.82) is 0 Å². The van der Waals surface area contributed by atoms with Crippen LogP contribution in [0, 0.1) is 0 Å². The van der Waals surface area contributed by atoms with Gasteiger partial charge in [-0.15, -0.1) is 0 Å². The van der Waals surface area contributed by atoms with Crippen molar-refractivity contribution in [1.82, 2.24) is 5.32 Å². The van der Waals surface area contributed by atoms with Crippen LogP contribution in [-0.4, -0.2) is 25.8 Å². The minimum absolute atomic E-state index is 0.387. The van der Waals surface area contributed by atoms with E-state index in [4.69, 9.17) is 27.9 Å². The van der Waals surface area contributed by atoms with Gasteiger partial charge in [0.1, 0.15) is 0 Å². The number of rotatable bonds is 6. The van der Waals surface area contributed by atoms with Gasteiger partial charge >= 0.3 is 0 Å². The predicted molar refractivity (Wildman–Crippen MR) is 85.8 cm³/mol. The molecule has 2 unspecified atom stereocenters. The second kappa shape index (κ2) is 8.23. The molecule has 0 radical (unpaired) electrons. The van der Waals surface area contributed by atoms with Crippen LogP contribution in [0.5, 0.6) is 0 Å². The van der Waals surface area contributed by atoms with Crippen molar-refractivity contribution in [2.75, 3.05) is 13.7 Å². The van der Waals surface area contributed by atoms with Crippen LogP contribution in [0.25, 0.3) is 0 Å². The highest BCUT2D eigenvalue weighted by Gasteiger charge is 2.17. The molecular formula is C16H23Cl2NO. The zero-order valence-corrected chi connectivity index (χ0v) is 13.5. The predicted octanol–water partition coefficient (Wildman–Crippen LogP) is 4.47. The van der Waals surface area contributed by atoms with Gasteiger partial charge in [0.2, 0.25) is 0 Å². The summed E-state index contributed by atoms with van der Waals surface area (Å²) in [6, 6.07) is 6.08. The summed E-state index contributed by atoms with van der Waals surface area (Å²) in [5.41, 5.74) is 1.04. The number of halogens is 2. The molecule has 4 heteroatoms. The highest BCUT2D eigenvalue weighted by atomic mass is 35.5. The smallest absolute Gasteiger partial charge is 0.0575 e. The Labute approximate surface area is 131 Å². The summed E-state index contributed by atoms with van der Waals surface area (Å²) in [5.74, 6) is 0. The second-order valence-corrected chi connectivity index (χ2v) is 6.27. The lowest BCUT2D eigenvalue weighted by molar-refractivity contribution is 0.00870. The number of hydrogen-bond donors (Lipinski definition) is 1. The van der Waals surface area contributed by atoms with Crippen LogP contribution in [0.15, 0.2) is 18.2 Å². The third kappa shape index (κ3) is 4.63. The van der Waals surface area contributed by atoms with Crippen molar-refractivity contribution in [3.8, 4) is 0 Å². The van der Waals surface area contributed by atoms with Gasteiger partial charge in [-0.1, -0.05) is 29.3 Å². The normalized spacial score (nSPS) is 20.9. The van der Waals surface area contributed by atoms with Crippen LogP contribution in [0.3, 0.4) is 0 Å². The van der Waals surface area contributed by atoms with Crippen molar-refractivity contribution in [3.63, 3.8) is 0 Å². The van der Waals surface area contributed by atoms with Gasteiger partial charge in [0, 0.05) is 22.7 Å². The summed E-state index contributed by atoms with van der Waals surface area (Å²) in [4.78, 5) is 0. The zero-order chi connectivity index (χ0) is 14.4. The Bertz CT molecular complexity index is 399. The fourth-order valence-electron chi connectivity index (χ4n) is 2.74. The van der Waals surface area contributed by atoms with Crippen LogP contribution in [0.4, 0.5) is 0 Å². The summed E-state index contributed by atoms with van der Waals surface area (Å²) in [6.45, 7) is 0.922. The highest BCUT2D eigenvalue weighted by molar-refractivity contribution is 6.35. The lowest BCUT2D eigenvalue weighted by atomic mass is 9.97. The minimum atomic E-state index is 0.387. The lowest BCUT2D eigenvalue weighted by Crippen LogP contribution is -2.30. The van der Waals surface area contributed by atoms with Crippen molar-refractivity contribution in [2.45, 2.75) is 50.7 Å². The van der Waals surface area contributed by atoms with E-state index >= 15 is 0 Å². The van der Waals surface area contributed by atoms with Crippen molar-refractivity contribution in [3.05, 3.63) is 33.8 Å². The summed E-state index contributed by atoms with van der Waals surface area (Å²) in [5, 5.41) is 4.88. The van der Waals surface area contributed by atoms with Gasteiger partial charge in [-0.2, -0.15) is 0 Å². The first kappa shape index (κ1) is 16.1. The molecule has 1 aliphatic heterocycles. The average Bonchev–Trinajstić information content (AvgIpc) is 2.47.